The molecule has 1 aromatic rings. The molecule has 1 aromatic carbocycles. The summed E-state index contributed by atoms with van der Waals surface area (Å²) in [4.78, 5) is 0. The van der Waals surface area contributed by atoms with Crippen LogP contribution in [0, 0.1) is 0 Å². The largest absolute Gasteiger partial charge is 0.573 e. The molecule has 102 valence electrons. The van der Waals surface area contributed by atoms with E-state index < -0.39 is 6.36 Å². The minimum Gasteiger partial charge on any atom is -0.406 e. The lowest BCUT2D eigenvalue weighted by Gasteiger charge is -2.13. The number of benzene rings is 1. The summed E-state index contributed by atoms with van der Waals surface area (Å²) in [5.74, 6) is 0.368. The first-order chi connectivity index (χ1) is 8.40. The van der Waals surface area contributed by atoms with Crippen molar-refractivity contribution in [2.75, 3.05) is 5.88 Å². The van der Waals surface area contributed by atoms with Gasteiger partial charge in [-0.15, -0.1) is 24.8 Å². The molecule has 0 amide bonds. The molecule has 0 radical (unpaired) electrons. The molecule has 0 bridgehead atoms. The number of hydrogen-bond donors (Lipinski definition) is 1. The van der Waals surface area contributed by atoms with Crippen LogP contribution in [0.3, 0.4) is 0 Å². The zero-order valence-corrected chi connectivity index (χ0v) is 10.7. The SMILES string of the molecule is CC(CCCl)NCc1ccc(OC(F)(F)F)cc1. The highest BCUT2D eigenvalue weighted by atomic mass is 35.5. The predicted molar refractivity (Wildman–Crippen MR) is 64.8 cm³/mol. The number of rotatable bonds is 6. The van der Waals surface area contributed by atoms with Gasteiger partial charge in [0, 0.05) is 18.5 Å². The van der Waals surface area contributed by atoms with Gasteiger partial charge in [-0.05, 0) is 31.0 Å². The Labute approximate surface area is 109 Å². The first-order valence-corrected chi connectivity index (χ1v) is 6.08. The Balaban J connectivity index is 2.45. The van der Waals surface area contributed by atoms with Crippen LogP contribution >= 0.6 is 11.6 Å². The van der Waals surface area contributed by atoms with Gasteiger partial charge in [0.05, 0.1) is 0 Å². The molecule has 6 heteroatoms. The lowest BCUT2D eigenvalue weighted by molar-refractivity contribution is -0.274. The van der Waals surface area contributed by atoms with Crippen molar-refractivity contribution in [1.82, 2.24) is 5.32 Å². The van der Waals surface area contributed by atoms with Crippen molar-refractivity contribution in [3.8, 4) is 5.75 Å². The molecule has 2 nitrogen and oxygen atoms in total. The molecular weight excluding hydrogens is 267 g/mol. The summed E-state index contributed by atoms with van der Waals surface area (Å²) in [6.45, 7) is 2.59. The Kier molecular flexibility index (Phi) is 5.75. The van der Waals surface area contributed by atoms with E-state index in [-0.39, 0.29) is 11.8 Å². The lowest BCUT2D eigenvalue weighted by atomic mass is 10.2. The number of halogens is 4. The second-order valence-corrected chi connectivity index (χ2v) is 4.33. The highest BCUT2D eigenvalue weighted by Gasteiger charge is 2.30. The van der Waals surface area contributed by atoms with Crippen LogP contribution in [0.15, 0.2) is 24.3 Å². The van der Waals surface area contributed by atoms with Crippen molar-refractivity contribution >= 4 is 11.6 Å². The van der Waals surface area contributed by atoms with Crippen LogP contribution in [-0.4, -0.2) is 18.3 Å². The molecule has 0 aromatic heterocycles. The lowest BCUT2D eigenvalue weighted by Crippen LogP contribution is -2.25. The molecule has 0 heterocycles. The maximum Gasteiger partial charge on any atom is 0.573 e. The molecule has 18 heavy (non-hydrogen) atoms. The third kappa shape index (κ3) is 6.12. The van der Waals surface area contributed by atoms with E-state index in [1.54, 1.807) is 12.1 Å². The second-order valence-electron chi connectivity index (χ2n) is 3.95. The highest BCUT2D eigenvalue weighted by molar-refractivity contribution is 6.17. The van der Waals surface area contributed by atoms with Gasteiger partial charge >= 0.3 is 6.36 Å². The predicted octanol–water partition coefficient (Wildman–Crippen LogP) is 3.69. The smallest absolute Gasteiger partial charge is 0.406 e. The zero-order valence-electron chi connectivity index (χ0n) is 9.93. The van der Waals surface area contributed by atoms with Crippen molar-refractivity contribution in [3.63, 3.8) is 0 Å². The third-order valence-electron chi connectivity index (χ3n) is 2.35. The van der Waals surface area contributed by atoms with Crippen LogP contribution in [0.25, 0.3) is 0 Å². The van der Waals surface area contributed by atoms with Gasteiger partial charge in [-0.1, -0.05) is 12.1 Å². The van der Waals surface area contributed by atoms with Gasteiger partial charge in [-0.25, -0.2) is 0 Å². The Hall–Kier alpha value is -0.940. The molecule has 1 N–H and O–H groups in total. The topological polar surface area (TPSA) is 21.3 Å². The Morgan fingerprint density at radius 1 is 1.28 bits per heavy atom. The molecule has 0 spiro atoms. The monoisotopic (exact) mass is 281 g/mol. The average Bonchev–Trinajstić information content (AvgIpc) is 2.26. The van der Waals surface area contributed by atoms with E-state index in [9.17, 15) is 13.2 Å². The van der Waals surface area contributed by atoms with Crippen molar-refractivity contribution in [3.05, 3.63) is 29.8 Å². The van der Waals surface area contributed by atoms with Gasteiger partial charge in [0.15, 0.2) is 0 Å². The van der Waals surface area contributed by atoms with Crippen LogP contribution in [0.2, 0.25) is 0 Å². The fraction of sp³-hybridized carbons (Fsp3) is 0.500. The second kappa shape index (κ2) is 6.85. The summed E-state index contributed by atoms with van der Waals surface area (Å²) >= 11 is 5.60. The maximum atomic E-state index is 11.9. The summed E-state index contributed by atoms with van der Waals surface area (Å²) in [5.41, 5.74) is 0.894. The summed E-state index contributed by atoms with van der Waals surface area (Å²) < 4.78 is 39.6. The molecule has 1 rings (SSSR count). The standard InChI is InChI=1S/C12H15ClF3NO/c1-9(6-7-13)17-8-10-2-4-11(5-3-10)18-12(14,15)16/h2-5,9,17H,6-8H2,1H3. The summed E-state index contributed by atoms with van der Waals surface area (Å²) in [5, 5.41) is 3.22. The normalized spacial score (nSPS) is 13.4. The first-order valence-electron chi connectivity index (χ1n) is 5.55. The van der Waals surface area contributed by atoms with Crippen molar-refractivity contribution in [2.24, 2.45) is 0 Å². The third-order valence-corrected chi connectivity index (χ3v) is 2.57. The zero-order chi connectivity index (χ0) is 13.6. The number of hydrogen-bond acceptors (Lipinski definition) is 2. The molecule has 0 saturated heterocycles. The van der Waals surface area contributed by atoms with Crippen LogP contribution in [0.5, 0.6) is 5.75 Å². The number of alkyl halides is 4. The minimum absolute atomic E-state index is 0.208. The van der Waals surface area contributed by atoms with Crippen LogP contribution in [0.1, 0.15) is 18.9 Å². The van der Waals surface area contributed by atoms with Gasteiger partial charge < -0.3 is 10.1 Å². The molecule has 0 aliphatic carbocycles. The molecular formula is C12H15ClF3NO. The molecule has 0 aliphatic rings. The number of ether oxygens (including phenoxy) is 1. The summed E-state index contributed by atoms with van der Waals surface area (Å²) in [6, 6.07) is 6.07. The maximum absolute atomic E-state index is 11.9. The molecule has 0 aliphatic heterocycles. The van der Waals surface area contributed by atoms with Gasteiger partial charge in [0.2, 0.25) is 0 Å². The van der Waals surface area contributed by atoms with Crippen molar-refractivity contribution in [1.29, 1.82) is 0 Å². The van der Waals surface area contributed by atoms with Crippen LogP contribution < -0.4 is 10.1 Å². The van der Waals surface area contributed by atoms with E-state index in [2.05, 4.69) is 10.1 Å². The van der Waals surface area contributed by atoms with Crippen molar-refractivity contribution < 1.29 is 17.9 Å². The molecule has 1 unspecified atom stereocenters. The Bertz CT molecular complexity index is 353. The Morgan fingerprint density at radius 2 is 1.89 bits per heavy atom. The fourth-order valence-electron chi connectivity index (χ4n) is 1.37. The van der Waals surface area contributed by atoms with E-state index in [1.165, 1.54) is 12.1 Å². The van der Waals surface area contributed by atoms with Gasteiger partial charge in [0.1, 0.15) is 5.75 Å². The van der Waals surface area contributed by atoms with Gasteiger partial charge in [-0.2, -0.15) is 0 Å². The average molecular weight is 282 g/mol. The number of nitrogens with one attached hydrogen (secondary N) is 1. The molecule has 0 saturated carbocycles. The van der Waals surface area contributed by atoms with E-state index in [1.807, 2.05) is 6.92 Å². The molecule has 0 fully saturated rings. The first kappa shape index (κ1) is 15.1. The van der Waals surface area contributed by atoms with Crippen molar-refractivity contribution in [2.45, 2.75) is 32.3 Å². The Morgan fingerprint density at radius 3 is 2.39 bits per heavy atom. The molecule has 1 atom stereocenters. The van der Waals surface area contributed by atoms with Crippen LogP contribution in [0.4, 0.5) is 13.2 Å². The van der Waals surface area contributed by atoms with E-state index in [4.69, 9.17) is 11.6 Å². The van der Waals surface area contributed by atoms with Gasteiger partial charge in [0.25, 0.3) is 0 Å². The van der Waals surface area contributed by atoms with E-state index in [0.29, 0.717) is 12.4 Å². The van der Waals surface area contributed by atoms with E-state index >= 15 is 0 Å². The minimum atomic E-state index is -4.64. The highest BCUT2D eigenvalue weighted by Crippen LogP contribution is 2.22. The quantitative estimate of drug-likeness (QED) is 0.803. The fourth-order valence-corrected chi connectivity index (χ4v) is 1.69. The summed E-state index contributed by atoms with van der Waals surface area (Å²) in [7, 11) is 0. The van der Waals surface area contributed by atoms with E-state index in [0.717, 1.165) is 12.0 Å². The summed E-state index contributed by atoms with van der Waals surface area (Å²) in [6.07, 6.45) is -3.80. The van der Waals surface area contributed by atoms with Gasteiger partial charge in [-0.3, -0.25) is 0 Å². The van der Waals surface area contributed by atoms with Crippen LogP contribution in [-0.2, 0) is 6.54 Å².